The molecular weight excluding hydrogens is 333 g/mol. The summed E-state index contributed by atoms with van der Waals surface area (Å²) < 4.78 is 39.1. The molecule has 1 atom stereocenters. The van der Waals surface area contributed by atoms with Gasteiger partial charge in [-0.1, -0.05) is 48.5 Å². The van der Waals surface area contributed by atoms with E-state index in [9.17, 15) is 22.8 Å². The molecule has 7 heteroatoms. The zero-order valence-electron chi connectivity index (χ0n) is 13.4. The predicted octanol–water partition coefficient (Wildman–Crippen LogP) is 2.76. The second-order valence-corrected chi connectivity index (χ2v) is 5.74. The van der Waals surface area contributed by atoms with Crippen LogP contribution in [0.1, 0.15) is 23.6 Å². The summed E-state index contributed by atoms with van der Waals surface area (Å²) in [6, 6.07) is 13.1. The van der Waals surface area contributed by atoms with E-state index in [2.05, 4.69) is 5.32 Å². The molecule has 0 spiro atoms. The quantitative estimate of drug-likeness (QED) is 0.870. The van der Waals surface area contributed by atoms with Crippen molar-refractivity contribution < 1.29 is 22.8 Å². The normalized spacial score (nSPS) is 13.8. The van der Waals surface area contributed by atoms with Crippen molar-refractivity contribution in [1.82, 2.24) is 5.32 Å². The SMILES string of the molecule is CC(NC(=O)Cc1ccccc1C(F)(F)F)(C(N)=O)c1ccccc1. The summed E-state index contributed by atoms with van der Waals surface area (Å²) in [6.45, 7) is 1.41. The summed E-state index contributed by atoms with van der Waals surface area (Å²) in [5, 5.41) is 2.46. The first-order valence-electron chi connectivity index (χ1n) is 7.46. The maximum absolute atomic E-state index is 13.0. The molecular formula is C18H17F3N2O2. The number of halogens is 3. The zero-order chi connectivity index (χ0) is 18.7. The van der Waals surface area contributed by atoms with Crippen molar-refractivity contribution in [2.75, 3.05) is 0 Å². The zero-order valence-corrected chi connectivity index (χ0v) is 13.4. The topological polar surface area (TPSA) is 72.2 Å². The van der Waals surface area contributed by atoms with E-state index in [1.165, 1.54) is 25.1 Å². The van der Waals surface area contributed by atoms with Crippen LogP contribution in [0, 0.1) is 0 Å². The van der Waals surface area contributed by atoms with Gasteiger partial charge in [0.1, 0.15) is 5.54 Å². The van der Waals surface area contributed by atoms with Crippen molar-refractivity contribution in [1.29, 1.82) is 0 Å². The summed E-state index contributed by atoms with van der Waals surface area (Å²) >= 11 is 0. The van der Waals surface area contributed by atoms with Gasteiger partial charge in [-0.3, -0.25) is 9.59 Å². The van der Waals surface area contributed by atoms with Gasteiger partial charge in [-0.05, 0) is 24.1 Å². The Kier molecular flexibility index (Phi) is 5.15. The highest BCUT2D eigenvalue weighted by molar-refractivity contribution is 5.91. The highest BCUT2D eigenvalue weighted by atomic mass is 19.4. The van der Waals surface area contributed by atoms with Crippen LogP contribution in [0.15, 0.2) is 54.6 Å². The van der Waals surface area contributed by atoms with Gasteiger partial charge in [0.05, 0.1) is 12.0 Å². The third kappa shape index (κ3) is 4.17. The molecule has 0 aromatic heterocycles. The first-order chi connectivity index (χ1) is 11.6. The molecule has 0 aliphatic carbocycles. The van der Waals surface area contributed by atoms with Gasteiger partial charge in [0.2, 0.25) is 11.8 Å². The molecule has 0 radical (unpaired) electrons. The Morgan fingerprint density at radius 1 is 1.00 bits per heavy atom. The first kappa shape index (κ1) is 18.5. The highest BCUT2D eigenvalue weighted by Gasteiger charge is 2.36. The molecule has 2 amide bonds. The fourth-order valence-corrected chi connectivity index (χ4v) is 2.49. The molecule has 0 fully saturated rings. The van der Waals surface area contributed by atoms with Crippen molar-refractivity contribution >= 4 is 11.8 Å². The summed E-state index contributed by atoms with van der Waals surface area (Å²) in [4.78, 5) is 24.2. The Labute approximate surface area is 142 Å². The third-order valence-electron chi connectivity index (χ3n) is 3.91. The average Bonchev–Trinajstić information content (AvgIpc) is 2.54. The number of nitrogens with two attached hydrogens (primary N) is 1. The minimum absolute atomic E-state index is 0.174. The fourth-order valence-electron chi connectivity index (χ4n) is 2.49. The monoisotopic (exact) mass is 350 g/mol. The van der Waals surface area contributed by atoms with Gasteiger partial charge in [-0.15, -0.1) is 0 Å². The van der Waals surface area contributed by atoms with E-state index in [0.717, 1.165) is 6.07 Å². The van der Waals surface area contributed by atoms with Crippen LogP contribution in [0.4, 0.5) is 13.2 Å². The third-order valence-corrected chi connectivity index (χ3v) is 3.91. The molecule has 0 heterocycles. The average molecular weight is 350 g/mol. The van der Waals surface area contributed by atoms with Crippen LogP contribution in [-0.2, 0) is 27.7 Å². The number of hydrogen-bond acceptors (Lipinski definition) is 2. The molecule has 2 rings (SSSR count). The lowest BCUT2D eigenvalue weighted by Crippen LogP contribution is -2.53. The number of benzene rings is 2. The molecule has 132 valence electrons. The number of carbonyl (C=O) groups excluding carboxylic acids is 2. The summed E-state index contributed by atoms with van der Waals surface area (Å²) in [5.41, 5.74) is 3.27. The van der Waals surface area contributed by atoms with Crippen LogP contribution in [0.25, 0.3) is 0 Å². The minimum atomic E-state index is -4.57. The standard InChI is InChI=1S/C18H17F3N2O2/c1-17(16(22)25,13-8-3-2-4-9-13)23-15(24)11-12-7-5-6-10-14(12)18(19,20)21/h2-10H,11H2,1H3,(H2,22,25)(H,23,24). The Bertz CT molecular complexity index is 775. The molecule has 0 aliphatic heterocycles. The lowest BCUT2D eigenvalue weighted by molar-refractivity contribution is -0.138. The van der Waals surface area contributed by atoms with Crippen LogP contribution in [0.3, 0.4) is 0 Å². The van der Waals surface area contributed by atoms with Gasteiger partial charge >= 0.3 is 6.18 Å². The van der Waals surface area contributed by atoms with Gasteiger partial charge in [-0.2, -0.15) is 13.2 Å². The maximum Gasteiger partial charge on any atom is 0.416 e. The number of hydrogen-bond donors (Lipinski definition) is 2. The van der Waals surface area contributed by atoms with E-state index in [1.54, 1.807) is 30.3 Å². The van der Waals surface area contributed by atoms with Crippen molar-refractivity contribution in [2.24, 2.45) is 5.73 Å². The largest absolute Gasteiger partial charge is 0.416 e. The number of carbonyl (C=O) groups is 2. The Hall–Kier alpha value is -2.83. The number of nitrogens with one attached hydrogen (secondary N) is 1. The smallest absolute Gasteiger partial charge is 0.367 e. The van der Waals surface area contributed by atoms with E-state index in [0.29, 0.717) is 5.56 Å². The second kappa shape index (κ2) is 6.96. The van der Waals surface area contributed by atoms with Crippen LogP contribution in [-0.4, -0.2) is 11.8 Å². The van der Waals surface area contributed by atoms with E-state index in [1.807, 2.05) is 0 Å². The Morgan fingerprint density at radius 2 is 1.56 bits per heavy atom. The first-order valence-corrected chi connectivity index (χ1v) is 7.46. The van der Waals surface area contributed by atoms with E-state index < -0.39 is 35.5 Å². The predicted molar refractivity (Wildman–Crippen MR) is 86.3 cm³/mol. The number of amides is 2. The van der Waals surface area contributed by atoms with Gasteiger partial charge in [-0.25, -0.2) is 0 Å². The molecule has 0 aliphatic rings. The molecule has 0 bridgehead atoms. The van der Waals surface area contributed by atoms with Gasteiger partial charge in [0, 0.05) is 0 Å². The number of alkyl halides is 3. The molecule has 1 unspecified atom stereocenters. The van der Waals surface area contributed by atoms with E-state index >= 15 is 0 Å². The van der Waals surface area contributed by atoms with Gasteiger partial charge in [0.15, 0.2) is 0 Å². The van der Waals surface area contributed by atoms with Crippen LogP contribution < -0.4 is 11.1 Å². The highest BCUT2D eigenvalue weighted by Crippen LogP contribution is 2.32. The molecule has 2 aromatic rings. The lowest BCUT2D eigenvalue weighted by atomic mass is 9.90. The Morgan fingerprint density at radius 3 is 2.12 bits per heavy atom. The van der Waals surface area contributed by atoms with Crippen LogP contribution in [0.2, 0.25) is 0 Å². The molecule has 2 aromatic carbocycles. The van der Waals surface area contributed by atoms with Gasteiger partial charge in [0.25, 0.3) is 0 Å². The minimum Gasteiger partial charge on any atom is -0.367 e. The summed E-state index contributed by atoms with van der Waals surface area (Å²) in [6.07, 6.45) is -5.09. The van der Waals surface area contributed by atoms with Crippen molar-refractivity contribution in [3.8, 4) is 0 Å². The van der Waals surface area contributed by atoms with Gasteiger partial charge < -0.3 is 11.1 Å². The molecule has 0 saturated heterocycles. The molecule has 25 heavy (non-hydrogen) atoms. The van der Waals surface area contributed by atoms with Crippen LogP contribution >= 0.6 is 0 Å². The molecule has 4 nitrogen and oxygen atoms in total. The van der Waals surface area contributed by atoms with Crippen molar-refractivity contribution in [3.63, 3.8) is 0 Å². The molecule has 0 saturated carbocycles. The van der Waals surface area contributed by atoms with E-state index in [-0.39, 0.29) is 5.56 Å². The lowest BCUT2D eigenvalue weighted by Gasteiger charge is -2.28. The Balaban J connectivity index is 2.26. The van der Waals surface area contributed by atoms with Crippen molar-refractivity contribution in [3.05, 3.63) is 71.3 Å². The number of rotatable bonds is 5. The summed E-state index contributed by atoms with van der Waals surface area (Å²) in [5.74, 6) is -1.54. The van der Waals surface area contributed by atoms with Crippen LogP contribution in [0.5, 0.6) is 0 Å². The molecule has 3 N–H and O–H groups in total. The van der Waals surface area contributed by atoms with E-state index in [4.69, 9.17) is 5.73 Å². The van der Waals surface area contributed by atoms with Crippen molar-refractivity contribution in [2.45, 2.75) is 25.1 Å². The second-order valence-electron chi connectivity index (χ2n) is 5.74. The summed E-state index contributed by atoms with van der Waals surface area (Å²) in [7, 11) is 0. The maximum atomic E-state index is 13.0. The number of primary amides is 1. The fraction of sp³-hybridized carbons (Fsp3) is 0.222.